The summed E-state index contributed by atoms with van der Waals surface area (Å²) in [5, 5.41) is 10.3. The van der Waals surface area contributed by atoms with Gasteiger partial charge in [-0.15, -0.1) is 0 Å². The van der Waals surface area contributed by atoms with Crippen LogP contribution >= 0.6 is 0 Å². The molecule has 1 N–H and O–H groups in total. The van der Waals surface area contributed by atoms with E-state index in [2.05, 4.69) is 41.2 Å². The van der Waals surface area contributed by atoms with Crippen LogP contribution in [0.5, 0.6) is 0 Å². The lowest BCUT2D eigenvalue weighted by Crippen LogP contribution is -2.44. The van der Waals surface area contributed by atoms with Crippen molar-refractivity contribution in [2.75, 3.05) is 27.2 Å². The Morgan fingerprint density at radius 1 is 1.53 bits per heavy atom. The van der Waals surface area contributed by atoms with Crippen LogP contribution in [0, 0.1) is 12.8 Å². The lowest BCUT2D eigenvalue weighted by Gasteiger charge is -2.35. The van der Waals surface area contributed by atoms with Gasteiger partial charge in [-0.2, -0.15) is 15.4 Å². The predicted octanol–water partition coefficient (Wildman–Crippen LogP) is 0.915. The molecule has 0 bridgehead atoms. The van der Waals surface area contributed by atoms with Gasteiger partial charge in [0.15, 0.2) is 5.69 Å². The van der Waals surface area contributed by atoms with Crippen molar-refractivity contribution >= 4 is 5.91 Å². The topological polar surface area (TPSA) is 65.1 Å². The van der Waals surface area contributed by atoms with Gasteiger partial charge in [0.25, 0.3) is 5.91 Å². The van der Waals surface area contributed by atoms with Crippen molar-refractivity contribution in [2.45, 2.75) is 32.7 Å². The van der Waals surface area contributed by atoms with Crippen molar-refractivity contribution in [3.63, 3.8) is 0 Å². The molecule has 1 aliphatic rings. The van der Waals surface area contributed by atoms with Crippen LogP contribution in [0.15, 0.2) is 0 Å². The van der Waals surface area contributed by atoms with E-state index >= 15 is 0 Å². The molecule has 2 rings (SSSR count). The first-order valence-corrected chi connectivity index (χ1v) is 6.68. The molecule has 0 radical (unpaired) electrons. The molecule has 6 heteroatoms. The third kappa shape index (κ3) is 2.49. The van der Waals surface area contributed by atoms with Crippen molar-refractivity contribution in [3.8, 4) is 0 Å². The highest BCUT2D eigenvalue weighted by atomic mass is 16.2. The fraction of sp³-hybridized carbons (Fsp3) is 0.769. The van der Waals surface area contributed by atoms with Crippen LogP contribution in [0.25, 0.3) is 0 Å². The number of nitrogens with one attached hydrogen (secondary N) is 1. The zero-order chi connectivity index (χ0) is 14.2. The number of aromatic amines is 1. The molecule has 1 aromatic heterocycles. The van der Waals surface area contributed by atoms with E-state index in [1.807, 2.05) is 7.05 Å². The minimum absolute atomic E-state index is 0.0587. The minimum atomic E-state index is -0.0587. The number of H-pyrrole nitrogens is 1. The summed E-state index contributed by atoms with van der Waals surface area (Å²) >= 11 is 0. The lowest BCUT2D eigenvalue weighted by atomic mass is 9.88. The molecular weight excluding hydrogens is 242 g/mol. The molecule has 0 saturated carbocycles. The van der Waals surface area contributed by atoms with Crippen LogP contribution in [-0.2, 0) is 0 Å². The Balaban J connectivity index is 2.04. The zero-order valence-electron chi connectivity index (χ0n) is 12.4. The maximum absolute atomic E-state index is 12.3. The number of aryl methyl sites for hydroxylation is 1. The van der Waals surface area contributed by atoms with Gasteiger partial charge < -0.3 is 9.80 Å². The summed E-state index contributed by atoms with van der Waals surface area (Å²) in [5.74, 6) is 0.426. The Morgan fingerprint density at radius 3 is 2.68 bits per heavy atom. The molecule has 1 aromatic rings. The normalized spacial score (nSPS) is 22.7. The summed E-state index contributed by atoms with van der Waals surface area (Å²) in [6.07, 6.45) is 1.12. The second-order valence-electron chi connectivity index (χ2n) is 6.00. The zero-order valence-corrected chi connectivity index (χ0v) is 12.4. The number of amides is 1. The SMILES string of the molecule is Cc1n[nH]nc1C(=O)N(C)CC1CCN(C)C1(C)C. The van der Waals surface area contributed by atoms with E-state index in [0.717, 1.165) is 19.5 Å². The van der Waals surface area contributed by atoms with E-state index in [-0.39, 0.29) is 11.4 Å². The number of hydrogen-bond acceptors (Lipinski definition) is 4. The first-order valence-electron chi connectivity index (χ1n) is 6.68. The molecule has 1 aliphatic heterocycles. The number of hydrogen-bond donors (Lipinski definition) is 1. The number of carbonyl (C=O) groups is 1. The maximum Gasteiger partial charge on any atom is 0.276 e. The first-order chi connectivity index (χ1) is 8.84. The minimum Gasteiger partial charge on any atom is -0.340 e. The first kappa shape index (κ1) is 14.0. The second kappa shape index (κ2) is 4.92. The highest BCUT2D eigenvalue weighted by molar-refractivity contribution is 5.92. The molecule has 0 aromatic carbocycles. The molecule has 1 unspecified atom stereocenters. The number of likely N-dealkylation sites (tertiary alicyclic amines) is 1. The predicted molar refractivity (Wildman–Crippen MR) is 72.9 cm³/mol. The fourth-order valence-electron chi connectivity index (χ4n) is 2.70. The molecular formula is C13H23N5O. The summed E-state index contributed by atoms with van der Waals surface area (Å²) in [5.41, 5.74) is 1.21. The molecule has 2 heterocycles. The third-order valence-electron chi connectivity index (χ3n) is 4.56. The van der Waals surface area contributed by atoms with E-state index in [1.54, 1.807) is 11.8 Å². The Bertz CT molecular complexity index is 467. The molecule has 1 atom stereocenters. The van der Waals surface area contributed by atoms with E-state index < -0.39 is 0 Å². The van der Waals surface area contributed by atoms with Gasteiger partial charge in [-0.1, -0.05) is 0 Å². The van der Waals surface area contributed by atoms with Crippen molar-refractivity contribution in [1.82, 2.24) is 25.2 Å². The van der Waals surface area contributed by atoms with Crippen LogP contribution in [0.4, 0.5) is 0 Å². The van der Waals surface area contributed by atoms with Gasteiger partial charge in [0, 0.05) is 19.1 Å². The van der Waals surface area contributed by atoms with Crippen molar-refractivity contribution in [2.24, 2.45) is 5.92 Å². The Labute approximate surface area is 114 Å². The summed E-state index contributed by atoms with van der Waals surface area (Å²) in [7, 11) is 3.98. The Morgan fingerprint density at radius 2 is 2.21 bits per heavy atom. The van der Waals surface area contributed by atoms with Gasteiger partial charge in [-0.05, 0) is 46.7 Å². The summed E-state index contributed by atoms with van der Waals surface area (Å²) in [6, 6.07) is 0. The van der Waals surface area contributed by atoms with Crippen LogP contribution in [0.3, 0.4) is 0 Å². The summed E-state index contributed by atoms with van der Waals surface area (Å²) < 4.78 is 0. The molecule has 106 valence electrons. The third-order valence-corrected chi connectivity index (χ3v) is 4.56. The molecule has 0 spiro atoms. The van der Waals surface area contributed by atoms with Gasteiger partial charge in [0.05, 0.1) is 5.69 Å². The average Bonchev–Trinajstić information content (AvgIpc) is 2.87. The number of carbonyl (C=O) groups excluding carboxylic acids is 1. The van der Waals surface area contributed by atoms with Gasteiger partial charge in [0.1, 0.15) is 0 Å². The molecule has 19 heavy (non-hydrogen) atoms. The Hall–Kier alpha value is -1.43. The molecule has 6 nitrogen and oxygen atoms in total. The lowest BCUT2D eigenvalue weighted by molar-refractivity contribution is 0.0722. The highest BCUT2D eigenvalue weighted by Gasteiger charge is 2.40. The average molecular weight is 265 g/mol. The summed E-state index contributed by atoms with van der Waals surface area (Å²) in [4.78, 5) is 16.4. The van der Waals surface area contributed by atoms with E-state index in [4.69, 9.17) is 0 Å². The second-order valence-corrected chi connectivity index (χ2v) is 6.00. The fourth-order valence-corrected chi connectivity index (χ4v) is 2.70. The van der Waals surface area contributed by atoms with Crippen molar-refractivity contribution in [1.29, 1.82) is 0 Å². The van der Waals surface area contributed by atoms with E-state index in [0.29, 0.717) is 17.3 Å². The maximum atomic E-state index is 12.3. The number of nitrogens with zero attached hydrogens (tertiary/aromatic N) is 4. The van der Waals surface area contributed by atoms with Crippen LogP contribution in [-0.4, -0.2) is 63.8 Å². The number of aromatic nitrogens is 3. The van der Waals surface area contributed by atoms with E-state index in [9.17, 15) is 4.79 Å². The van der Waals surface area contributed by atoms with Gasteiger partial charge in [-0.25, -0.2) is 0 Å². The standard InChI is InChI=1S/C13H23N5O/c1-9-11(15-16-14-9)12(19)17(4)8-10-6-7-18(5)13(10,2)3/h10H,6-8H2,1-5H3,(H,14,15,16). The number of rotatable bonds is 3. The summed E-state index contributed by atoms with van der Waals surface area (Å²) in [6.45, 7) is 8.11. The van der Waals surface area contributed by atoms with Crippen LogP contribution < -0.4 is 0 Å². The van der Waals surface area contributed by atoms with Crippen LogP contribution in [0.2, 0.25) is 0 Å². The molecule has 1 amide bonds. The van der Waals surface area contributed by atoms with Crippen molar-refractivity contribution in [3.05, 3.63) is 11.4 Å². The highest BCUT2D eigenvalue weighted by Crippen LogP contribution is 2.33. The molecule has 1 saturated heterocycles. The molecule has 1 fully saturated rings. The molecule has 0 aliphatic carbocycles. The van der Waals surface area contributed by atoms with E-state index in [1.165, 1.54) is 0 Å². The van der Waals surface area contributed by atoms with Gasteiger partial charge in [0.2, 0.25) is 0 Å². The van der Waals surface area contributed by atoms with Gasteiger partial charge >= 0.3 is 0 Å². The van der Waals surface area contributed by atoms with Crippen LogP contribution in [0.1, 0.15) is 36.5 Å². The Kier molecular flexibility index (Phi) is 3.62. The van der Waals surface area contributed by atoms with Gasteiger partial charge in [-0.3, -0.25) is 4.79 Å². The quantitative estimate of drug-likeness (QED) is 0.882. The largest absolute Gasteiger partial charge is 0.340 e. The monoisotopic (exact) mass is 265 g/mol. The van der Waals surface area contributed by atoms with Crippen molar-refractivity contribution < 1.29 is 4.79 Å². The smallest absolute Gasteiger partial charge is 0.276 e.